The summed E-state index contributed by atoms with van der Waals surface area (Å²) in [5.74, 6) is 1.48. The van der Waals surface area contributed by atoms with E-state index in [1.165, 1.54) is 12.8 Å². The maximum atomic E-state index is 8.99. The summed E-state index contributed by atoms with van der Waals surface area (Å²) < 4.78 is 0. The van der Waals surface area contributed by atoms with E-state index in [0.717, 1.165) is 5.92 Å². The predicted molar refractivity (Wildman–Crippen MR) is 33.6 cm³/mol. The molecule has 1 heteroatoms. The van der Waals surface area contributed by atoms with E-state index in [4.69, 9.17) is 5.11 Å². The van der Waals surface area contributed by atoms with Crippen molar-refractivity contribution in [2.45, 2.75) is 32.8 Å². The Balaban J connectivity index is 2.16. The Kier molecular flexibility index (Phi) is 1.57. The fourth-order valence-corrected chi connectivity index (χ4v) is 1.33. The third-order valence-electron chi connectivity index (χ3n) is 2.12. The lowest BCUT2D eigenvalue weighted by molar-refractivity contribution is 0.164. The van der Waals surface area contributed by atoms with Gasteiger partial charge >= 0.3 is 0 Å². The van der Waals surface area contributed by atoms with Gasteiger partial charge in [-0.2, -0.15) is 0 Å². The predicted octanol–water partition coefficient (Wildman–Crippen LogP) is 1.41. The second-order valence-electron chi connectivity index (χ2n) is 2.81. The highest BCUT2D eigenvalue weighted by Crippen LogP contribution is 2.43. The molecule has 1 rings (SSSR count). The highest BCUT2D eigenvalue weighted by Gasteiger charge is 2.38. The van der Waals surface area contributed by atoms with Gasteiger partial charge in [-0.1, -0.05) is 13.3 Å². The summed E-state index contributed by atoms with van der Waals surface area (Å²) in [5, 5.41) is 8.99. The van der Waals surface area contributed by atoms with Crippen LogP contribution in [0.3, 0.4) is 0 Å². The van der Waals surface area contributed by atoms with Gasteiger partial charge in [-0.05, 0) is 25.2 Å². The van der Waals surface area contributed by atoms with Gasteiger partial charge in [0, 0.05) is 0 Å². The van der Waals surface area contributed by atoms with Gasteiger partial charge in [0.05, 0.1) is 6.10 Å². The summed E-state index contributed by atoms with van der Waals surface area (Å²) in [5.41, 5.74) is 0. The molecule has 1 saturated carbocycles. The smallest absolute Gasteiger partial charge is 0.0543 e. The first-order valence-corrected chi connectivity index (χ1v) is 3.43. The van der Waals surface area contributed by atoms with Gasteiger partial charge in [0.1, 0.15) is 0 Å². The van der Waals surface area contributed by atoms with Crippen LogP contribution >= 0.6 is 0 Å². The lowest BCUT2D eigenvalue weighted by Crippen LogP contribution is -2.03. The Hall–Kier alpha value is -0.0400. The summed E-state index contributed by atoms with van der Waals surface area (Å²) >= 11 is 0. The van der Waals surface area contributed by atoms with Crippen molar-refractivity contribution in [3.05, 3.63) is 0 Å². The molecule has 0 aromatic carbocycles. The first-order valence-electron chi connectivity index (χ1n) is 3.43. The molecule has 3 atom stereocenters. The normalized spacial score (nSPS) is 39.4. The highest BCUT2D eigenvalue weighted by molar-refractivity contribution is 4.88. The second-order valence-corrected chi connectivity index (χ2v) is 2.81. The molecule has 1 fully saturated rings. The van der Waals surface area contributed by atoms with Crippen molar-refractivity contribution < 1.29 is 5.11 Å². The van der Waals surface area contributed by atoms with E-state index >= 15 is 0 Å². The Morgan fingerprint density at radius 2 is 2.38 bits per heavy atom. The third kappa shape index (κ3) is 1.03. The van der Waals surface area contributed by atoms with E-state index in [9.17, 15) is 0 Å². The molecular weight excluding hydrogens is 100 g/mol. The van der Waals surface area contributed by atoms with Crippen molar-refractivity contribution in [1.82, 2.24) is 0 Å². The number of hydrogen-bond donors (Lipinski definition) is 1. The van der Waals surface area contributed by atoms with Crippen molar-refractivity contribution in [3.63, 3.8) is 0 Å². The third-order valence-corrected chi connectivity index (χ3v) is 2.12. The number of hydrogen-bond acceptors (Lipinski definition) is 1. The quantitative estimate of drug-likeness (QED) is 0.575. The van der Waals surface area contributed by atoms with Gasteiger partial charge < -0.3 is 5.11 Å². The van der Waals surface area contributed by atoms with Crippen molar-refractivity contribution in [2.75, 3.05) is 0 Å². The zero-order chi connectivity index (χ0) is 6.15. The summed E-state index contributed by atoms with van der Waals surface area (Å²) in [7, 11) is 0. The molecular formula is C7H14O. The topological polar surface area (TPSA) is 20.2 Å². The fraction of sp³-hybridized carbons (Fsp3) is 1.00. The fourth-order valence-electron chi connectivity index (χ4n) is 1.33. The average Bonchev–Trinajstić information content (AvgIpc) is 2.42. The van der Waals surface area contributed by atoms with Crippen LogP contribution in [-0.4, -0.2) is 11.2 Å². The van der Waals surface area contributed by atoms with Crippen LogP contribution < -0.4 is 0 Å². The molecule has 8 heavy (non-hydrogen) atoms. The van der Waals surface area contributed by atoms with E-state index in [2.05, 4.69) is 6.92 Å². The summed E-state index contributed by atoms with van der Waals surface area (Å²) in [6.45, 7) is 4.08. The first-order chi connectivity index (χ1) is 3.75. The van der Waals surface area contributed by atoms with Crippen LogP contribution in [0.4, 0.5) is 0 Å². The maximum absolute atomic E-state index is 8.99. The molecule has 48 valence electrons. The second kappa shape index (κ2) is 2.06. The molecule has 0 aromatic heterocycles. The van der Waals surface area contributed by atoms with Gasteiger partial charge in [0.2, 0.25) is 0 Å². The van der Waals surface area contributed by atoms with Crippen molar-refractivity contribution in [3.8, 4) is 0 Å². The Labute approximate surface area is 50.7 Å². The minimum absolute atomic E-state index is 0.0556. The minimum atomic E-state index is -0.0556. The molecule has 0 saturated heterocycles. The van der Waals surface area contributed by atoms with Gasteiger partial charge in [0.15, 0.2) is 0 Å². The molecule has 1 N–H and O–H groups in total. The zero-order valence-electron chi connectivity index (χ0n) is 5.59. The summed E-state index contributed by atoms with van der Waals surface area (Å²) in [6.07, 6.45) is 2.45. The molecule has 0 amide bonds. The van der Waals surface area contributed by atoms with Crippen LogP contribution in [0.25, 0.3) is 0 Å². The lowest BCUT2D eigenvalue weighted by atomic mass is 10.2. The molecule has 1 aliphatic carbocycles. The summed E-state index contributed by atoms with van der Waals surface area (Å²) in [6, 6.07) is 0. The molecule has 0 aliphatic heterocycles. The van der Waals surface area contributed by atoms with E-state index in [0.29, 0.717) is 5.92 Å². The van der Waals surface area contributed by atoms with Crippen LogP contribution in [-0.2, 0) is 0 Å². The average molecular weight is 114 g/mol. The van der Waals surface area contributed by atoms with Gasteiger partial charge in [-0.3, -0.25) is 0 Å². The molecule has 1 unspecified atom stereocenters. The number of rotatable bonds is 2. The minimum Gasteiger partial charge on any atom is -0.393 e. The molecule has 0 heterocycles. The standard InChI is InChI=1S/C7H14O/c1-3-6-4-7(6)5(2)8/h5-8H,3-4H2,1-2H3/t5?,6-,7+/m1/s1. The molecule has 0 bridgehead atoms. The lowest BCUT2D eigenvalue weighted by Gasteiger charge is -1.98. The largest absolute Gasteiger partial charge is 0.393 e. The maximum Gasteiger partial charge on any atom is 0.0543 e. The monoisotopic (exact) mass is 114 g/mol. The van der Waals surface area contributed by atoms with E-state index in [1.54, 1.807) is 0 Å². The van der Waals surface area contributed by atoms with Crippen LogP contribution in [0.1, 0.15) is 26.7 Å². The van der Waals surface area contributed by atoms with E-state index < -0.39 is 0 Å². The molecule has 0 aromatic rings. The van der Waals surface area contributed by atoms with E-state index in [1.807, 2.05) is 6.92 Å². The zero-order valence-corrected chi connectivity index (χ0v) is 5.59. The van der Waals surface area contributed by atoms with Gasteiger partial charge in [-0.15, -0.1) is 0 Å². The Bertz CT molecular complexity index is 78.5. The highest BCUT2D eigenvalue weighted by atomic mass is 16.3. The SMILES string of the molecule is CC[C@@H]1C[C@H]1C(C)O. The Morgan fingerprint density at radius 1 is 1.75 bits per heavy atom. The van der Waals surface area contributed by atoms with Crippen LogP contribution in [0, 0.1) is 11.8 Å². The first kappa shape index (κ1) is 6.09. The van der Waals surface area contributed by atoms with Gasteiger partial charge in [0.25, 0.3) is 0 Å². The van der Waals surface area contributed by atoms with Gasteiger partial charge in [-0.25, -0.2) is 0 Å². The molecule has 1 aliphatic rings. The van der Waals surface area contributed by atoms with Crippen LogP contribution in [0.2, 0.25) is 0 Å². The number of aliphatic hydroxyl groups excluding tert-OH is 1. The van der Waals surface area contributed by atoms with Crippen LogP contribution in [0.15, 0.2) is 0 Å². The molecule has 0 radical (unpaired) electrons. The molecule has 1 nitrogen and oxygen atoms in total. The number of aliphatic hydroxyl groups is 1. The summed E-state index contributed by atoms with van der Waals surface area (Å²) in [4.78, 5) is 0. The van der Waals surface area contributed by atoms with Crippen molar-refractivity contribution >= 4 is 0 Å². The van der Waals surface area contributed by atoms with Crippen molar-refractivity contribution in [2.24, 2.45) is 11.8 Å². The van der Waals surface area contributed by atoms with Crippen LogP contribution in [0.5, 0.6) is 0 Å². The molecule has 0 spiro atoms. The Morgan fingerprint density at radius 3 is 2.50 bits per heavy atom. The van der Waals surface area contributed by atoms with Crippen molar-refractivity contribution in [1.29, 1.82) is 0 Å². The van der Waals surface area contributed by atoms with E-state index in [-0.39, 0.29) is 6.10 Å².